The topological polar surface area (TPSA) is 27.7 Å². The molecule has 0 unspecified atom stereocenters. The molecular formula is C11H22O3. The summed E-state index contributed by atoms with van der Waals surface area (Å²) in [7, 11) is 3.39. The molecule has 0 spiro atoms. The summed E-state index contributed by atoms with van der Waals surface area (Å²) < 4.78 is 16.5. The highest BCUT2D eigenvalue weighted by atomic mass is 16.7. The largest absolute Gasteiger partial charge is 0.376 e. The normalized spacial score (nSPS) is 40.1. The minimum absolute atomic E-state index is 0.0685. The van der Waals surface area contributed by atoms with Gasteiger partial charge >= 0.3 is 0 Å². The van der Waals surface area contributed by atoms with Crippen LogP contribution in [0.25, 0.3) is 0 Å². The van der Waals surface area contributed by atoms with Crippen LogP contribution in [0.2, 0.25) is 0 Å². The number of methoxy groups -OCH3 is 2. The van der Waals surface area contributed by atoms with E-state index < -0.39 is 0 Å². The van der Waals surface area contributed by atoms with Gasteiger partial charge in [-0.3, -0.25) is 0 Å². The first-order valence-corrected chi connectivity index (χ1v) is 5.36. The predicted molar refractivity (Wildman–Crippen MR) is 55.1 cm³/mol. The summed E-state index contributed by atoms with van der Waals surface area (Å²) >= 11 is 0. The van der Waals surface area contributed by atoms with E-state index >= 15 is 0 Å². The monoisotopic (exact) mass is 202 g/mol. The van der Waals surface area contributed by atoms with Crippen molar-refractivity contribution in [3.05, 3.63) is 0 Å². The summed E-state index contributed by atoms with van der Waals surface area (Å²) in [6.45, 7) is 6.57. The molecule has 0 aromatic heterocycles. The Kier molecular flexibility index (Phi) is 4.35. The quantitative estimate of drug-likeness (QED) is 0.698. The molecule has 1 aliphatic rings. The van der Waals surface area contributed by atoms with Gasteiger partial charge in [-0.1, -0.05) is 27.2 Å². The van der Waals surface area contributed by atoms with Gasteiger partial charge in [0.2, 0.25) is 0 Å². The van der Waals surface area contributed by atoms with Gasteiger partial charge in [0.1, 0.15) is 6.10 Å². The van der Waals surface area contributed by atoms with Crippen molar-refractivity contribution in [2.75, 3.05) is 14.2 Å². The standard InChI is InChI=1S/C11H22O3/c1-6-7(2)9-8(3)10(12-4)11(13-5)14-9/h7-11H,6H2,1-5H3/t7-,8+,9+,10-,11+/m1/s1. The first-order valence-electron chi connectivity index (χ1n) is 5.36. The number of rotatable bonds is 4. The fourth-order valence-corrected chi connectivity index (χ4v) is 2.19. The van der Waals surface area contributed by atoms with Gasteiger partial charge < -0.3 is 14.2 Å². The third-order valence-electron chi connectivity index (χ3n) is 3.31. The Hall–Kier alpha value is -0.120. The smallest absolute Gasteiger partial charge is 0.184 e. The molecule has 5 atom stereocenters. The molecule has 14 heavy (non-hydrogen) atoms. The lowest BCUT2D eigenvalue weighted by atomic mass is 9.90. The van der Waals surface area contributed by atoms with Crippen molar-refractivity contribution in [2.24, 2.45) is 11.8 Å². The fraction of sp³-hybridized carbons (Fsp3) is 1.00. The molecule has 0 amide bonds. The van der Waals surface area contributed by atoms with Crippen LogP contribution in [-0.2, 0) is 14.2 Å². The lowest BCUT2D eigenvalue weighted by molar-refractivity contribution is -0.160. The third-order valence-corrected chi connectivity index (χ3v) is 3.31. The van der Waals surface area contributed by atoms with Crippen LogP contribution < -0.4 is 0 Å². The summed E-state index contributed by atoms with van der Waals surface area (Å²) in [4.78, 5) is 0. The highest BCUT2D eigenvalue weighted by Crippen LogP contribution is 2.34. The zero-order chi connectivity index (χ0) is 10.7. The van der Waals surface area contributed by atoms with Crippen LogP contribution in [0, 0.1) is 11.8 Å². The summed E-state index contributed by atoms with van der Waals surface area (Å²) in [6, 6.07) is 0. The molecular weight excluding hydrogens is 180 g/mol. The van der Waals surface area contributed by atoms with Crippen molar-refractivity contribution >= 4 is 0 Å². The molecule has 1 rings (SSSR count). The molecule has 0 radical (unpaired) electrons. The molecule has 3 nitrogen and oxygen atoms in total. The minimum atomic E-state index is -0.200. The summed E-state index contributed by atoms with van der Waals surface area (Å²) in [5.74, 6) is 0.961. The maximum absolute atomic E-state index is 5.83. The fourth-order valence-electron chi connectivity index (χ4n) is 2.19. The van der Waals surface area contributed by atoms with Gasteiger partial charge in [-0.25, -0.2) is 0 Å². The first-order chi connectivity index (χ1) is 6.65. The Bertz CT molecular complexity index is 172. The predicted octanol–water partition coefficient (Wildman–Crippen LogP) is 2.05. The van der Waals surface area contributed by atoms with E-state index in [1.165, 1.54) is 0 Å². The Morgan fingerprint density at radius 1 is 1.29 bits per heavy atom. The highest BCUT2D eigenvalue weighted by molar-refractivity contribution is 4.87. The Labute approximate surface area is 86.7 Å². The molecule has 3 heteroatoms. The number of hydrogen-bond acceptors (Lipinski definition) is 3. The van der Waals surface area contributed by atoms with E-state index in [4.69, 9.17) is 14.2 Å². The zero-order valence-electron chi connectivity index (χ0n) is 9.82. The van der Waals surface area contributed by atoms with Crippen molar-refractivity contribution in [1.82, 2.24) is 0 Å². The SMILES string of the molecule is CC[C@@H](C)[C@@H]1O[C@H](OC)[C@H](OC)[C@H]1C. The minimum Gasteiger partial charge on any atom is -0.376 e. The van der Waals surface area contributed by atoms with E-state index in [2.05, 4.69) is 20.8 Å². The van der Waals surface area contributed by atoms with E-state index in [9.17, 15) is 0 Å². The second kappa shape index (κ2) is 5.10. The first kappa shape index (κ1) is 12.0. The maximum Gasteiger partial charge on any atom is 0.184 e. The van der Waals surface area contributed by atoms with Gasteiger partial charge in [-0.15, -0.1) is 0 Å². The second-order valence-corrected chi connectivity index (χ2v) is 4.15. The molecule has 0 bridgehead atoms. The molecule has 0 aromatic rings. The van der Waals surface area contributed by atoms with E-state index in [-0.39, 0.29) is 18.5 Å². The van der Waals surface area contributed by atoms with Gasteiger partial charge in [0.15, 0.2) is 6.29 Å². The van der Waals surface area contributed by atoms with Crippen molar-refractivity contribution in [1.29, 1.82) is 0 Å². The lowest BCUT2D eigenvalue weighted by Gasteiger charge is -2.21. The van der Waals surface area contributed by atoms with Crippen LogP contribution in [0.1, 0.15) is 27.2 Å². The number of hydrogen-bond donors (Lipinski definition) is 0. The highest BCUT2D eigenvalue weighted by Gasteiger charge is 2.44. The Balaban J connectivity index is 2.65. The van der Waals surface area contributed by atoms with E-state index in [0.717, 1.165) is 6.42 Å². The summed E-state index contributed by atoms with van der Waals surface area (Å²) in [5, 5.41) is 0. The molecule has 0 aliphatic carbocycles. The van der Waals surface area contributed by atoms with E-state index in [0.29, 0.717) is 11.8 Å². The average molecular weight is 202 g/mol. The van der Waals surface area contributed by atoms with Crippen LogP contribution in [0.5, 0.6) is 0 Å². The van der Waals surface area contributed by atoms with Crippen molar-refractivity contribution in [3.63, 3.8) is 0 Å². The Morgan fingerprint density at radius 2 is 1.93 bits per heavy atom. The molecule has 1 aliphatic heterocycles. The van der Waals surface area contributed by atoms with Crippen molar-refractivity contribution in [3.8, 4) is 0 Å². The zero-order valence-corrected chi connectivity index (χ0v) is 9.82. The molecule has 1 fully saturated rings. The van der Waals surface area contributed by atoms with Gasteiger partial charge in [-0.05, 0) is 5.92 Å². The van der Waals surface area contributed by atoms with Crippen LogP contribution in [0.3, 0.4) is 0 Å². The van der Waals surface area contributed by atoms with Crippen molar-refractivity contribution < 1.29 is 14.2 Å². The van der Waals surface area contributed by atoms with Gasteiger partial charge in [0.05, 0.1) is 6.10 Å². The third kappa shape index (κ3) is 2.10. The molecule has 1 saturated heterocycles. The van der Waals surface area contributed by atoms with E-state index in [1.54, 1.807) is 14.2 Å². The van der Waals surface area contributed by atoms with Crippen LogP contribution in [-0.4, -0.2) is 32.7 Å². The van der Waals surface area contributed by atoms with Crippen LogP contribution >= 0.6 is 0 Å². The van der Waals surface area contributed by atoms with Gasteiger partial charge in [0.25, 0.3) is 0 Å². The Morgan fingerprint density at radius 3 is 2.29 bits per heavy atom. The average Bonchev–Trinajstić information content (AvgIpc) is 2.53. The molecule has 0 aromatic carbocycles. The molecule has 0 saturated carbocycles. The number of ether oxygens (including phenoxy) is 3. The van der Waals surface area contributed by atoms with Gasteiger partial charge in [0, 0.05) is 20.1 Å². The van der Waals surface area contributed by atoms with Crippen LogP contribution in [0.4, 0.5) is 0 Å². The lowest BCUT2D eigenvalue weighted by Crippen LogP contribution is -2.30. The summed E-state index contributed by atoms with van der Waals surface area (Å²) in [5.41, 5.74) is 0. The van der Waals surface area contributed by atoms with Crippen molar-refractivity contribution in [2.45, 2.75) is 45.7 Å². The molecule has 0 N–H and O–H groups in total. The van der Waals surface area contributed by atoms with Crippen LogP contribution in [0.15, 0.2) is 0 Å². The molecule has 1 heterocycles. The summed E-state index contributed by atoms with van der Waals surface area (Å²) in [6.07, 6.45) is 1.25. The maximum atomic E-state index is 5.83. The van der Waals surface area contributed by atoms with E-state index in [1.807, 2.05) is 0 Å². The second-order valence-electron chi connectivity index (χ2n) is 4.15. The van der Waals surface area contributed by atoms with Gasteiger partial charge in [-0.2, -0.15) is 0 Å². The molecule has 84 valence electrons.